The maximum absolute atomic E-state index is 12.8. The van der Waals surface area contributed by atoms with Gasteiger partial charge in [0.15, 0.2) is 0 Å². The van der Waals surface area contributed by atoms with Gasteiger partial charge in [-0.3, -0.25) is 0 Å². The summed E-state index contributed by atoms with van der Waals surface area (Å²) in [7, 11) is 0. The quantitative estimate of drug-likeness (QED) is 0.492. The van der Waals surface area contributed by atoms with Gasteiger partial charge in [-0.2, -0.15) is 0 Å². The molecule has 1 fully saturated rings. The molecule has 0 aliphatic carbocycles. The molecule has 0 radical (unpaired) electrons. The van der Waals surface area contributed by atoms with E-state index in [1.165, 1.54) is 0 Å². The van der Waals surface area contributed by atoms with Gasteiger partial charge in [0.1, 0.15) is 11.5 Å². The van der Waals surface area contributed by atoms with Crippen LogP contribution in [0.5, 0.6) is 0 Å². The number of benzene rings is 1. The Kier molecular flexibility index (Phi) is 4.92. The average Bonchev–Trinajstić information content (AvgIpc) is 3.09. The Morgan fingerprint density at radius 1 is 0.963 bits per heavy atom. The van der Waals surface area contributed by atoms with Crippen molar-refractivity contribution in [3.05, 3.63) is 69.2 Å². The highest BCUT2D eigenvalue weighted by atomic mass is 16.5. The van der Waals surface area contributed by atoms with Crippen LogP contribution in [0, 0.1) is 27.7 Å². The first-order valence-electron chi connectivity index (χ1n) is 9.04. The SMILES string of the molecule is CC(C)=C1C(=Nc2c(C)cccc2C)OC(=O)C1=C(C)c1cc(C)oc1C. The summed E-state index contributed by atoms with van der Waals surface area (Å²) in [5.41, 5.74) is 7.00. The highest BCUT2D eigenvalue weighted by Gasteiger charge is 2.35. The summed E-state index contributed by atoms with van der Waals surface area (Å²) in [6, 6.07) is 7.96. The lowest BCUT2D eigenvalue weighted by atomic mass is 9.94. The van der Waals surface area contributed by atoms with Crippen LogP contribution in [-0.2, 0) is 9.53 Å². The smallest absolute Gasteiger partial charge is 0.345 e. The predicted molar refractivity (Wildman–Crippen MR) is 108 cm³/mol. The van der Waals surface area contributed by atoms with Crippen LogP contribution in [0.2, 0.25) is 0 Å². The van der Waals surface area contributed by atoms with Crippen molar-refractivity contribution >= 4 is 23.1 Å². The molecule has 4 nitrogen and oxygen atoms in total. The van der Waals surface area contributed by atoms with Gasteiger partial charge in [-0.25, -0.2) is 9.79 Å². The number of esters is 1. The molecular weight excluding hydrogens is 338 g/mol. The minimum absolute atomic E-state index is 0.365. The molecule has 0 saturated carbocycles. The number of carbonyl (C=O) groups excluding carboxylic acids is 1. The minimum atomic E-state index is -0.369. The fourth-order valence-corrected chi connectivity index (χ4v) is 3.50. The van der Waals surface area contributed by atoms with Crippen LogP contribution in [0.4, 0.5) is 5.69 Å². The number of hydrogen-bond donors (Lipinski definition) is 0. The Bertz CT molecular complexity index is 1010. The molecular formula is C23H25NO3. The van der Waals surface area contributed by atoms with E-state index >= 15 is 0 Å². The van der Waals surface area contributed by atoms with E-state index in [0.717, 1.165) is 50.6 Å². The molecule has 1 aliphatic rings. The van der Waals surface area contributed by atoms with Gasteiger partial charge in [-0.15, -0.1) is 0 Å². The third-order valence-electron chi connectivity index (χ3n) is 4.83. The van der Waals surface area contributed by atoms with E-state index in [-0.39, 0.29) is 5.97 Å². The summed E-state index contributed by atoms with van der Waals surface area (Å²) in [4.78, 5) is 17.5. The molecule has 1 aromatic carbocycles. The van der Waals surface area contributed by atoms with E-state index in [1.54, 1.807) is 0 Å². The number of aryl methyl sites for hydroxylation is 4. The summed E-state index contributed by atoms with van der Waals surface area (Å²) < 4.78 is 11.3. The Balaban J connectivity index is 2.21. The molecule has 0 N–H and O–H groups in total. The zero-order valence-corrected chi connectivity index (χ0v) is 17.0. The van der Waals surface area contributed by atoms with Crippen LogP contribution in [-0.4, -0.2) is 11.9 Å². The molecule has 0 spiro atoms. The molecule has 0 amide bonds. The molecule has 0 atom stereocenters. The molecule has 2 heterocycles. The number of hydrogen-bond acceptors (Lipinski definition) is 4. The lowest BCUT2D eigenvalue weighted by molar-refractivity contribution is -0.129. The summed E-state index contributed by atoms with van der Waals surface area (Å²) in [6.45, 7) is 13.7. The van der Waals surface area contributed by atoms with Gasteiger partial charge in [0.05, 0.1) is 16.8 Å². The number of carbonyl (C=O) groups is 1. The standard InChI is InChI=1S/C23H25NO3/c1-12(2)19-20(16(6)18-11-15(5)26-17(18)7)23(25)27-22(19)24-21-13(3)9-8-10-14(21)4/h8-11H,1-7H3. The van der Waals surface area contributed by atoms with E-state index in [2.05, 4.69) is 0 Å². The second-order valence-electron chi connectivity index (χ2n) is 7.25. The van der Waals surface area contributed by atoms with E-state index in [1.807, 2.05) is 72.7 Å². The number of nitrogens with zero attached hydrogens (tertiary/aromatic N) is 1. The fourth-order valence-electron chi connectivity index (χ4n) is 3.50. The largest absolute Gasteiger partial charge is 0.466 e. The lowest BCUT2D eigenvalue weighted by Crippen LogP contribution is -2.00. The molecule has 2 aromatic rings. The molecule has 0 bridgehead atoms. The predicted octanol–water partition coefficient (Wildman–Crippen LogP) is 5.91. The van der Waals surface area contributed by atoms with Crippen LogP contribution >= 0.6 is 0 Å². The van der Waals surface area contributed by atoms with Gasteiger partial charge in [0.2, 0.25) is 5.90 Å². The zero-order chi connectivity index (χ0) is 19.9. The van der Waals surface area contributed by atoms with Crippen LogP contribution in [0.3, 0.4) is 0 Å². The van der Waals surface area contributed by atoms with Crippen molar-refractivity contribution in [2.75, 3.05) is 0 Å². The Labute approximate surface area is 160 Å². The number of para-hydroxylation sites is 1. The van der Waals surface area contributed by atoms with Crippen molar-refractivity contribution in [1.82, 2.24) is 0 Å². The molecule has 0 unspecified atom stereocenters. The number of cyclic esters (lactones) is 1. The summed E-state index contributed by atoms with van der Waals surface area (Å²) in [5.74, 6) is 1.60. The minimum Gasteiger partial charge on any atom is -0.466 e. The van der Waals surface area contributed by atoms with Crippen molar-refractivity contribution in [3.8, 4) is 0 Å². The second kappa shape index (κ2) is 7.03. The van der Waals surface area contributed by atoms with Crippen molar-refractivity contribution in [1.29, 1.82) is 0 Å². The molecule has 27 heavy (non-hydrogen) atoms. The third-order valence-corrected chi connectivity index (χ3v) is 4.83. The molecule has 1 saturated heterocycles. The molecule has 1 aliphatic heterocycles. The van der Waals surface area contributed by atoms with Crippen molar-refractivity contribution < 1.29 is 13.9 Å². The summed E-state index contributed by atoms with van der Waals surface area (Å²) in [6.07, 6.45) is 0. The Hall–Kier alpha value is -2.88. The highest BCUT2D eigenvalue weighted by Crippen LogP contribution is 2.36. The average molecular weight is 363 g/mol. The summed E-state index contributed by atoms with van der Waals surface area (Å²) >= 11 is 0. The van der Waals surface area contributed by atoms with Gasteiger partial charge in [-0.05, 0) is 71.2 Å². The maximum atomic E-state index is 12.8. The van der Waals surface area contributed by atoms with Gasteiger partial charge < -0.3 is 9.15 Å². The molecule has 3 rings (SSSR count). The first-order valence-corrected chi connectivity index (χ1v) is 9.04. The number of ether oxygens (including phenoxy) is 1. The molecule has 4 heteroatoms. The summed E-state index contributed by atoms with van der Waals surface area (Å²) in [5, 5.41) is 0. The normalized spacial score (nSPS) is 17.5. The number of rotatable bonds is 2. The monoisotopic (exact) mass is 363 g/mol. The van der Waals surface area contributed by atoms with Gasteiger partial charge >= 0.3 is 5.97 Å². The Morgan fingerprint density at radius 2 is 1.59 bits per heavy atom. The van der Waals surface area contributed by atoms with Gasteiger partial charge in [-0.1, -0.05) is 23.8 Å². The van der Waals surface area contributed by atoms with E-state index in [0.29, 0.717) is 11.5 Å². The first-order chi connectivity index (χ1) is 12.7. The molecule has 1 aromatic heterocycles. The number of allylic oxidation sites excluding steroid dienone is 2. The van der Waals surface area contributed by atoms with Crippen LogP contribution in [0.25, 0.3) is 5.57 Å². The van der Waals surface area contributed by atoms with Gasteiger partial charge in [0, 0.05) is 5.56 Å². The second-order valence-corrected chi connectivity index (χ2v) is 7.25. The lowest BCUT2D eigenvalue weighted by Gasteiger charge is -2.07. The maximum Gasteiger partial charge on any atom is 0.345 e. The Morgan fingerprint density at radius 3 is 2.11 bits per heavy atom. The van der Waals surface area contributed by atoms with Gasteiger partial charge in [0.25, 0.3) is 0 Å². The molecule has 140 valence electrons. The van der Waals surface area contributed by atoms with Crippen LogP contribution in [0.15, 0.2) is 50.4 Å². The number of furan rings is 1. The fraction of sp³-hybridized carbons (Fsp3) is 0.304. The highest BCUT2D eigenvalue weighted by molar-refractivity contribution is 6.24. The van der Waals surface area contributed by atoms with E-state index in [9.17, 15) is 4.79 Å². The van der Waals surface area contributed by atoms with Crippen molar-refractivity contribution in [3.63, 3.8) is 0 Å². The van der Waals surface area contributed by atoms with E-state index < -0.39 is 0 Å². The topological polar surface area (TPSA) is 51.8 Å². The van der Waals surface area contributed by atoms with Crippen LogP contribution < -0.4 is 0 Å². The first kappa shape index (κ1) is 18.9. The third kappa shape index (κ3) is 3.39. The van der Waals surface area contributed by atoms with Crippen LogP contribution in [0.1, 0.15) is 49.0 Å². The van der Waals surface area contributed by atoms with Crippen molar-refractivity contribution in [2.24, 2.45) is 4.99 Å². The number of aliphatic imine (C=N–C) groups is 1. The zero-order valence-electron chi connectivity index (χ0n) is 17.0. The van der Waals surface area contributed by atoms with Crippen molar-refractivity contribution in [2.45, 2.75) is 48.5 Å². The van der Waals surface area contributed by atoms with E-state index in [4.69, 9.17) is 14.1 Å².